The third-order valence-electron chi connectivity index (χ3n) is 6.89. The van der Waals surface area contributed by atoms with Crippen molar-refractivity contribution in [3.63, 3.8) is 0 Å². The molecule has 6 nitrogen and oxygen atoms in total. The van der Waals surface area contributed by atoms with Crippen LogP contribution in [0.25, 0.3) is 16.9 Å². The second kappa shape index (κ2) is 7.62. The Kier molecular flexibility index (Phi) is 4.74. The molecular formula is C24H18F5N5O. The van der Waals surface area contributed by atoms with Crippen molar-refractivity contribution < 1.29 is 26.7 Å². The summed E-state index contributed by atoms with van der Waals surface area (Å²) in [4.78, 5) is 19.3. The highest BCUT2D eigenvalue weighted by molar-refractivity contribution is 5.96. The summed E-state index contributed by atoms with van der Waals surface area (Å²) >= 11 is 0. The summed E-state index contributed by atoms with van der Waals surface area (Å²) in [6.07, 6.45) is 0.0870. The average molecular weight is 487 g/mol. The standard InChI is InChI=1S/C24H18F5N5O/c1-32-21(11-8-14(25)18(27)15(26)9-11)13-10-12-5-6-16(19(13)31-32)34(12)24(35)22-20(23(28)29)30-17-4-2-3-7-33(17)22/h2-4,7-9,12,16,23H,5-6,10H2,1H3/t12-,16+/m1/s1. The van der Waals surface area contributed by atoms with Gasteiger partial charge in [0.25, 0.3) is 12.3 Å². The minimum absolute atomic E-state index is 0.138. The molecule has 1 fully saturated rings. The fourth-order valence-corrected chi connectivity index (χ4v) is 5.51. The molecule has 0 aliphatic carbocycles. The molecule has 2 aliphatic rings. The zero-order chi connectivity index (χ0) is 24.6. The lowest BCUT2D eigenvalue weighted by Gasteiger charge is -2.34. The lowest BCUT2D eigenvalue weighted by Crippen LogP contribution is -2.42. The second-order valence-corrected chi connectivity index (χ2v) is 8.83. The van der Waals surface area contributed by atoms with E-state index in [1.807, 2.05) is 0 Å². The van der Waals surface area contributed by atoms with E-state index in [1.54, 1.807) is 30.1 Å². The Balaban J connectivity index is 1.45. The molecule has 0 radical (unpaired) electrons. The monoisotopic (exact) mass is 487 g/mol. The second-order valence-electron chi connectivity index (χ2n) is 8.83. The van der Waals surface area contributed by atoms with E-state index in [1.165, 1.54) is 15.3 Å². The fraction of sp³-hybridized carbons (Fsp3) is 0.292. The van der Waals surface area contributed by atoms with Gasteiger partial charge in [0.15, 0.2) is 17.5 Å². The number of carbonyl (C=O) groups excluding carboxylic acids is 1. The van der Waals surface area contributed by atoms with E-state index in [0.717, 1.165) is 12.1 Å². The minimum Gasteiger partial charge on any atom is -0.325 e. The molecule has 6 rings (SSSR count). The number of hydrogen-bond acceptors (Lipinski definition) is 3. The van der Waals surface area contributed by atoms with E-state index in [2.05, 4.69) is 10.1 Å². The van der Waals surface area contributed by atoms with Crippen LogP contribution in [0, 0.1) is 17.5 Å². The molecular weight excluding hydrogens is 469 g/mol. The maximum atomic E-state index is 14.0. The highest BCUT2D eigenvalue weighted by atomic mass is 19.3. The Morgan fingerprint density at radius 3 is 2.57 bits per heavy atom. The summed E-state index contributed by atoms with van der Waals surface area (Å²) in [6.45, 7) is 0. The van der Waals surface area contributed by atoms with Gasteiger partial charge >= 0.3 is 0 Å². The Morgan fingerprint density at radius 2 is 1.86 bits per heavy atom. The van der Waals surface area contributed by atoms with E-state index in [0.29, 0.717) is 36.2 Å². The molecule has 1 amide bonds. The van der Waals surface area contributed by atoms with E-state index in [9.17, 15) is 26.7 Å². The van der Waals surface area contributed by atoms with E-state index in [4.69, 9.17) is 0 Å². The van der Waals surface area contributed by atoms with Crippen LogP contribution in [0.2, 0.25) is 0 Å². The number of amides is 1. The summed E-state index contributed by atoms with van der Waals surface area (Å²) in [5, 5.41) is 4.54. The van der Waals surface area contributed by atoms with Gasteiger partial charge in [-0.2, -0.15) is 5.10 Å². The highest BCUT2D eigenvalue weighted by Gasteiger charge is 2.47. The quantitative estimate of drug-likeness (QED) is 0.302. The zero-order valence-electron chi connectivity index (χ0n) is 18.4. The number of carbonyl (C=O) groups is 1. The number of fused-ring (bicyclic) bond motifs is 5. The Labute approximate surface area is 195 Å². The Hall–Kier alpha value is -3.76. The molecule has 2 bridgehead atoms. The lowest BCUT2D eigenvalue weighted by molar-refractivity contribution is 0.0622. The van der Waals surface area contributed by atoms with Gasteiger partial charge in [-0.15, -0.1) is 0 Å². The van der Waals surface area contributed by atoms with Crippen LogP contribution in [0.4, 0.5) is 22.0 Å². The van der Waals surface area contributed by atoms with E-state index < -0.39 is 41.5 Å². The van der Waals surface area contributed by atoms with Crippen molar-refractivity contribution in [3.05, 3.63) is 76.6 Å². The Morgan fingerprint density at radius 1 is 1.11 bits per heavy atom. The largest absolute Gasteiger partial charge is 0.325 e. The predicted molar refractivity (Wildman–Crippen MR) is 114 cm³/mol. The maximum Gasteiger partial charge on any atom is 0.282 e. The molecule has 35 heavy (non-hydrogen) atoms. The van der Waals surface area contributed by atoms with Gasteiger partial charge in [0.1, 0.15) is 17.0 Å². The minimum atomic E-state index is -2.93. The van der Waals surface area contributed by atoms with Crippen molar-refractivity contribution >= 4 is 11.6 Å². The van der Waals surface area contributed by atoms with Crippen LogP contribution < -0.4 is 0 Å². The van der Waals surface area contributed by atoms with Gasteiger partial charge in [0, 0.05) is 30.4 Å². The molecule has 1 aromatic carbocycles. The summed E-state index contributed by atoms with van der Waals surface area (Å²) in [7, 11) is 1.60. The van der Waals surface area contributed by atoms with Gasteiger partial charge in [0.05, 0.1) is 17.4 Å². The number of benzene rings is 1. The van der Waals surface area contributed by atoms with Crippen LogP contribution >= 0.6 is 0 Å². The molecule has 5 heterocycles. The van der Waals surface area contributed by atoms with Crippen LogP contribution in [0.1, 0.15) is 52.7 Å². The Bertz CT molecular complexity index is 1490. The zero-order valence-corrected chi connectivity index (χ0v) is 18.4. The molecule has 1 saturated heterocycles. The van der Waals surface area contributed by atoms with Gasteiger partial charge in [-0.25, -0.2) is 26.9 Å². The lowest BCUT2D eigenvalue weighted by atomic mass is 9.94. The van der Waals surface area contributed by atoms with E-state index in [-0.39, 0.29) is 22.9 Å². The number of hydrogen-bond donors (Lipinski definition) is 0. The van der Waals surface area contributed by atoms with E-state index >= 15 is 0 Å². The number of alkyl halides is 2. The molecule has 0 saturated carbocycles. The average Bonchev–Trinajstić information content (AvgIpc) is 3.48. The molecule has 2 atom stereocenters. The third-order valence-corrected chi connectivity index (χ3v) is 6.89. The van der Waals surface area contributed by atoms with Crippen LogP contribution in [-0.2, 0) is 13.5 Å². The molecule has 0 spiro atoms. The molecule has 0 unspecified atom stereocenters. The molecule has 180 valence electrons. The van der Waals surface area contributed by atoms with Crippen LogP contribution in [0.5, 0.6) is 0 Å². The van der Waals surface area contributed by atoms with Gasteiger partial charge in [-0.05, 0) is 43.5 Å². The van der Waals surface area contributed by atoms with Crippen LogP contribution in [0.3, 0.4) is 0 Å². The van der Waals surface area contributed by atoms with Gasteiger partial charge in [-0.1, -0.05) is 6.07 Å². The molecule has 0 N–H and O–H groups in total. The smallest absolute Gasteiger partial charge is 0.282 e. The number of aromatic nitrogens is 4. The number of halogens is 5. The van der Waals surface area contributed by atoms with Crippen molar-refractivity contribution in [2.75, 3.05) is 0 Å². The van der Waals surface area contributed by atoms with Crippen LogP contribution in [0.15, 0.2) is 36.5 Å². The summed E-state index contributed by atoms with van der Waals surface area (Å²) in [5.41, 5.74) is 1.31. The number of pyridine rings is 1. The van der Waals surface area contributed by atoms with Crippen molar-refractivity contribution in [1.29, 1.82) is 0 Å². The molecule has 2 aliphatic heterocycles. The number of aryl methyl sites for hydroxylation is 1. The molecule has 4 aromatic rings. The number of imidazole rings is 1. The van der Waals surface area contributed by atoms with Gasteiger partial charge < -0.3 is 4.90 Å². The van der Waals surface area contributed by atoms with Crippen molar-refractivity contribution in [1.82, 2.24) is 24.1 Å². The first-order valence-corrected chi connectivity index (χ1v) is 11.0. The van der Waals surface area contributed by atoms with Crippen molar-refractivity contribution in [2.24, 2.45) is 7.05 Å². The van der Waals surface area contributed by atoms with Crippen molar-refractivity contribution in [2.45, 2.75) is 37.8 Å². The number of rotatable bonds is 3. The molecule has 3 aromatic heterocycles. The first-order chi connectivity index (χ1) is 16.8. The third kappa shape index (κ3) is 3.10. The molecule has 11 heteroatoms. The summed E-state index contributed by atoms with van der Waals surface area (Å²) in [5.74, 6) is -4.73. The van der Waals surface area contributed by atoms with Gasteiger partial charge in [0.2, 0.25) is 0 Å². The first-order valence-electron chi connectivity index (χ1n) is 11.0. The SMILES string of the molecule is Cn1nc2c(c1-c1cc(F)c(F)c(F)c1)C[C@H]1CC[C@@H]2N1C(=O)c1c(C(F)F)nc2ccccn12. The summed E-state index contributed by atoms with van der Waals surface area (Å²) < 4.78 is 71.9. The van der Waals surface area contributed by atoms with Crippen LogP contribution in [-0.4, -0.2) is 36.0 Å². The highest BCUT2D eigenvalue weighted by Crippen LogP contribution is 2.47. The topological polar surface area (TPSA) is 55.4 Å². The van der Waals surface area contributed by atoms with Crippen molar-refractivity contribution in [3.8, 4) is 11.3 Å². The van der Waals surface area contributed by atoms with Gasteiger partial charge in [-0.3, -0.25) is 13.9 Å². The predicted octanol–water partition coefficient (Wildman–Crippen LogP) is 4.99. The summed E-state index contributed by atoms with van der Waals surface area (Å²) in [6, 6.07) is 5.86. The number of nitrogens with zero attached hydrogens (tertiary/aromatic N) is 5. The first kappa shape index (κ1) is 21.8. The maximum absolute atomic E-state index is 14.0. The fourth-order valence-electron chi connectivity index (χ4n) is 5.51. The normalized spacial score (nSPS) is 19.1.